The third-order valence-corrected chi connectivity index (χ3v) is 6.08. The summed E-state index contributed by atoms with van der Waals surface area (Å²) in [5.41, 5.74) is 1.21. The molecule has 7 nitrogen and oxygen atoms in total. The summed E-state index contributed by atoms with van der Waals surface area (Å²) in [7, 11) is -1.91. The maximum absolute atomic E-state index is 11.3. The van der Waals surface area contributed by atoms with Crippen molar-refractivity contribution in [2.75, 3.05) is 26.8 Å². The number of rotatable bonds is 9. The molecule has 0 amide bonds. The molecule has 0 bridgehead atoms. The SMILES string of the molecule is CCNC(=NCc1ccc(S(N)(=O)=O)cc1)NCC1(CCOC)CCCC1.I. The Morgan fingerprint density at radius 1 is 1.21 bits per heavy atom. The Hall–Kier alpha value is -0.910. The molecular formula is C19H33IN4O3S. The van der Waals surface area contributed by atoms with Gasteiger partial charge in [0.2, 0.25) is 10.0 Å². The highest BCUT2D eigenvalue weighted by atomic mass is 127. The number of primary sulfonamides is 1. The van der Waals surface area contributed by atoms with Crippen LogP contribution in [0.5, 0.6) is 0 Å². The fourth-order valence-electron chi connectivity index (χ4n) is 3.53. The van der Waals surface area contributed by atoms with Gasteiger partial charge in [0.05, 0.1) is 11.4 Å². The predicted molar refractivity (Wildman–Crippen MR) is 123 cm³/mol. The Labute approximate surface area is 186 Å². The van der Waals surface area contributed by atoms with E-state index in [4.69, 9.17) is 9.88 Å². The topological polar surface area (TPSA) is 106 Å². The van der Waals surface area contributed by atoms with E-state index < -0.39 is 10.0 Å². The summed E-state index contributed by atoms with van der Waals surface area (Å²) in [5, 5.41) is 11.9. The van der Waals surface area contributed by atoms with Crippen LogP contribution >= 0.6 is 24.0 Å². The normalized spacial score (nSPS) is 16.5. The predicted octanol–water partition coefficient (Wildman–Crippen LogP) is 2.60. The van der Waals surface area contributed by atoms with Gasteiger partial charge in [-0.25, -0.2) is 18.5 Å². The third kappa shape index (κ3) is 7.84. The van der Waals surface area contributed by atoms with Crippen molar-refractivity contribution in [3.8, 4) is 0 Å². The first-order chi connectivity index (χ1) is 12.9. The molecule has 0 unspecified atom stereocenters. The summed E-state index contributed by atoms with van der Waals surface area (Å²) in [4.78, 5) is 4.74. The second-order valence-electron chi connectivity index (χ2n) is 7.19. The van der Waals surface area contributed by atoms with Crippen LogP contribution in [0, 0.1) is 5.41 Å². The van der Waals surface area contributed by atoms with Gasteiger partial charge in [0.25, 0.3) is 0 Å². The average molecular weight is 524 g/mol. The van der Waals surface area contributed by atoms with E-state index >= 15 is 0 Å². The second kappa shape index (κ2) is 11.9. The number of guanidine groups is 1. The highest BCUT2D eigenvalue weighted by Crippen LogP contribution is 2.40. The molecule has 1 aromatic carbocycles. The standard InChI is InChI=1S/C19H32N4O3S.HI/c1-3-21-18(23-15-19(12-13-26-2)10-4-5-11-19)22-14-16-6-8-17(9-7-16)27(20,24)25;/h6-9H,3-5,10-15H2,1-2H3,(H2,20,24,25)(H2,21,22,23);1H. The summed E-state index contributed by atoms with van der Waals surface area (Å²) in [6, 6.07) is 6.51. The number of aliphatic imine (C=N–C) groups is 1. The van der Waals surface area contributed by atoms with Crippen molar-refractivity contribution in [3.63, 3.8) is 0 Å². The van der Waals surface area contributed by atoms with E-state index in [0.29, 0.717) is 6.54 Å². The smallest absolute Gasteiger partial charge is 0.238 e. The number of nitrogens with one attached hydrogen (secondary N) is 2. The van der Waals surface area contributed by atoms with E-state index in [2.05, 4.69) is 15.6 Å². The number of nitrogens with zero attached hydrogens (tertiary/aromatic N) is 1. The van der Waals surface area contributed by atoms with Crippen LogP contribution in [-0.4, -0.2) is 41.2 Å². The van der Waals surface area contributed by atoms with E-state index in [-0.39, 0.29) is 34.3 Å². The fraction of sp³-hybridized carbons (Fsp3) is 0.632. The van der Waals surface area contributed by atoms with Crippen LogP contribution in [0.25, 0.3) is 0 Å². The monoisotopic (exact) mass is 524 g/mol. The van der Waals surface area contributed by atoms with Crippen LogP contribution in [0.2, 0.25) is 0 Å². The molecule has 9 heteroatoms. The van der Waals surface area contributed by atoms with Gasteiger partial charge in [-0.3, -0.25) is 0 Å². The molecule has 0 saturated heterocycles. The minimum Gasteiger partial charge on any atom is -0.385 e. The van der Waals surface area contributed by atoms with Crippen molar-refractivity contribution in [2.24, 2.45) is 15.5 Å². The van der Waals surface area contributed by atoms with E-state index in [9.17, 15) is 8.42 Å². The summed E-state index contributed by atoms with van der Waals surface area (Å²) in [5.74, 6) is 0.775. The van der Waals surface area contributed by atoms with Crippen LogP contribution in [0.3, 0.4) is 0 Å². The van der Waals surface area contributed by atoms with Gasteiger partial charge in [0.1, 0.15) is 0 Å². The molecule has 0 spiro atoms. The van der Waals surface area contributed by atoms with Gasteiger partial charge in [-0.05, 0) is 49.3 Å². The molecule has 0 atom stereocenters. The lowest BCUT2D eigenvalue weighted by molar-refractivity contribution is 0.138. The number of methoxy groups -OCH3 is 1. The quantitative estimate of drug-likeness (QED) is 0.262. The molecular weight excluding hydrogens is 491 g/mol. The minimum atomic E-state index is -3.66. The van der Waals surface area contributed by atoms with Gasteiger partial charge < -0.3 is 15.4 Å². The van der Waals surface area contributed by atoms with E-state index in [0.717, 1.165) is 37.6 Å². The third-order valence-electron chi connectivity index (χ3n) is 5.15. The highest BCUT2D eigenvalue weighted by molar-refractivity contribution is 14.0. The van der Waals surface area contributed by atoms with Crippen molar-refractivity contribution in [2.45, 2.75) is 50.5 Å². The van der Waals surface area contributed by atoms with Gasteiger partial charge in [-0.2, -0.15) is 0 Å². The molecule has 0 aliphatic heterocycles. The van der Waals surface area contributed by atoms with Crippen molar-refractivity contribution < 1.29 is 13.2 Å². The number of halogens is 1. The maximum atomic E-state index is 11.3. The molecule has 1 aliphatic rings. The Kier molecular flexibility index (Phi) is 10.7. The van der Waals surface area contributed by atoms with Crippen molar-refractivity contribution >= 4 is 40.0 Å². The fourth-order valence-corrected chi connectivity index (χ4v) is 4.04. The maximum Gasteiger partial charge on any atom is 0.238 e. The molecule has 1 fully saturated rings. The van der Waals surface area contributed by atoms with E-state index in [1.54, 1.807) is 19.2 Å². The van der Waals surface area contributed by atoms with Crippen molar-refractivity contribution in [3.05, 3.63) is 29.8 Å². The van der Waals surface area contributed by atoms with Gasteiger partial charge in [-0.1, -0.05) is 25.0 Å². The summed E-state index contributed by atoms with van der Waals surface area (Å²) >= 11 is 0. The molecule has 1 saturated carbocycles. The number of benzene rings is 1. The second-order valence-corrected chi connectivity index (χ2v) is 8.75. The van der Waals surface area contributed by atoms with Crippen LogP contribution in [0.4, 0.5) is 0 Å². The van der Waals surface area contributed by atoms with Crippen LogP contribution in [0.1, 0.15) is 44.6 Å². The van der Waals surface area contributed by atoms with Gasteiger partial charge in [-0.15, -0.1) is 24.0 Å². The molecule has 4 N–H and O–H groups in total. The van der Waals surface area contributed by atoms with Gasteiger partial charge in [0, 0.05) is 26.8 Å². The zero-order chi connectivity index (χ0) is 19.8. The lowest BCUT2D eigenvalue weighted by Gasteiger charge is -2.30. The zero-order valence-corrected chi connectivity index (χ0v) is 19.9. The van der Waals surface area contributed by atoms with Gasteiger partial charge in [0.15, 0.2) is 5.96 Å². The summed E-state index contributed by atoms with van der Waals surface area (Å²) in [6.45, 7) is 4.94. The Bertz CT molecular complexity index is 717. The first-order valence-corrected chi connectivity index (χ1v) is 11.1. The molecule has 0 aromatic heterocycles. The first kappa shape index (κ1) is 25.1. The number of hydrogen-bond acceptors (Lipinski definition) is 4. The molecule has 1 aromatic rings. The number of hydrogen-bond donors (Lipinski definition) is 3. The lowest BCUT2D eigenvalue weighted by atomic mass is 9.83. The Morgan fingerprint density at radius 3 is 2.39 bits per heavy atom. The largest absolute Gasteiger partial charge is 0.385 e. The van der Waals surface area contributed by atoms with E-state index in [1.165, 1.54) is 37.8 Å². The molecule has 28 heavy (non-hydrogen) atoms. The Balaban J connectivity index is 0.00000392. The molecule has 0 radical (unpaired) electrons. The highest BCUT2D eigenvalue weighted by Gasteiger charge is 2.33. The van der Waals surface area contributed by atoms with Crippen molar-refractivity contribution in [1.82, 2.24) is 10.6 Å². The Morgan fingerprint density at radius 2 is 1.86 bits per heavy atom. The van der Waals surface area contributed by atoms with E-state index in [1.807, 2.05) is 6.92 Å². The van der Waals surface area contributed by atoms with Crippen LogP contribution in [0.15, 0.2) is 34.2 Å². The van der Waals surface area contributed by atoms with Crippen LogP contribution in [-0.2, 0) is 21.3 Å². The minimum absolute atomic E-state index is 0. The number of ether oxygens (including phenoxy) is 1. The lowest BCUT2D eigenvalue weighted by Crippen LogP contribution is -2.43. The van der Waals surface area contributed by atoms with Crippen molar-refractivity contribution in [1.29, 1.82) is 0 Å². The number of nitrogens with two attached hydrogens (primary N) is 1. The summed E-state index contributed by atoms with van der Waals surface area (Å²) in [6.07, 6.45) is 6.05. The molecule has 1 aliphatic carbocycles. The average Bonchev–Trinajstić information content (AvgIpc) is 3.11. The molecule has 2 rings (SSSR count). The molecule has 0 heterocycles. The summed E-state index contributed by atoms with van der Waals surface area (Å²) < 4.78 is 28.0. The van der Waals surface area contributed by atoms with Gasteiger partial charge >= 0.3 is 0 Å². The van der Waals surface area contributed by atoms with Crippen LogP contribution < -0.4 is 15.8 Å². The molecule has 160 valence electrons. The number of sulfonamides is 1. The first-order valence-electron chi connectivity index (χ1n) is 9.51. The zero-order valence-electron chi connectivity index (χ0n) is 16.7.